The third kappa shape index (κ3) is 3.27. The number of thioether (sulfide) groups is 1. The quantitative estimate of drug-likeness (QED) is 0.597. The molecule has 0 aliphatic carbocycles. The number of hydrogen-bond donors (Lipinski definition) is 1. The summed E-state index contributed by atoms with van der Waals surface area (Å²) in [7, 11) is 2.00. The van der Waals surface area contributed by atoms with E-state index in [0.717, 1.165) is 11.6 Å². The van der Waals surface area contributed by atoms with Gasteiger partial charge >= 0.3 is 0 Å². The predicted octanol–water partition coefficient (Wildman–Crippen LogP) is 1.96. The maximum Gasteiger partial charge on any atom is 0.187 e. The molecule has 0 spiro atoms. The Kier molecular flexibility index (Phi) is 4.90. The Labute approximate surface area is 89.7 Å². The molecule has 78 valence electrons. The summed E-state index contributed by atoms with van der Waals surface area (Å²) in [6, 6.07) is 2.35. The minimum atomic E-state index is 0.493. The lowest BCUT2D eigenvalue weighted by Gasteiger charge is -2.20. The third-order valence-corrected chi connectivity index (χ3v) is 3.33. The highest BCUT2D eigenvalue weighted by Crippen LogP contribution is 2.21. The second-order valence-corrected chi connectivity index (χ2v) is 4.50. The number of rotatable bonds is 5. The number of aromatic nitrogens is 2. The molecule has 3 nitrogen and oxygen atoms in total. The molecule has 0 fully saturated rings. The topological polar surface area (TPSA) is 37.8 Å². The molecule has 0 aromatic carbocycles. The summed E-state index contributed by atoms with van der Waals surface area (Å²) in [5.74, 6) is 0. The van der Waals surface area contributed by atoms with Gasteiger partial charge in [0.25, 0.3) is 0 Å². The van der Waals surface area contributed by atoms with E-state index in [2.05, 4.69) is 29.1 Å². The van der Waals surface area contributed by atoms with Gasteiger partial charge in [-0.05, 0) is 19.5 Å². The molecule has 0 amide bonds. The van der Waals surface area contributed by atoms with Gasteiger partial charge in [-0.15, -0.1) is 0 Å². The van der Waals surface area contributed by atoms with E-state index in [0.29, 0.717) is 11.3 Å². The average molecular weight is 211 g/mol. The van der Waals surface area contributed by atoms with Gasteiger partial charge in [0, 0.05) is 23.7 Å². The number of hydrogen-bond acceptors (Lipinski definition) is 4. The summed E-state index contributed by atoms with van der Waals surface area (Å²) >= 11 is 1.72. The maximum atomic E-state index is 4.19. The summed E-state index contributed by atoms with van der Waals surface area (Å²) in [5, 5.41) is 4.64. The van der Waals surface area contributed by atoms with Gasteiger partial charge in [-0.3, -0.25) is 0 Å². The summed E-state index contributed by atoms with van der Waals surface area (Å²) in [6.45, 7) is 4.38. The van der Waals surface area contributed by atoms with E-state index in [1.165, 1.54) is 0 Å². The zero-order chi connectivity index (χ0) is 10.4. The Bertz CT molecular complexity index is 249. The Morgan fingerprint density at radius 2 is 2.07 bits per heavy atom. The summed E-state index contributed by atoms with van der Waals surface area (Å²) in [6.07, 6.45) is 4.68. The molecule has 1 aromatic heterocycles. The van der Waals surface area contributed by atoms with Crippen LogP contribution in [0.3, 0.4) is 0 Å². The molecular formula is C10H17N3S. The Morgan fingerprint density at radius 1 is 1.43 bits per heavy atom. The van der Waals surface area contributed by atoms with Gasteiger partial charge in [0.2, 0.25) is 0 Å². The van der Waals surface area contributed by atoms with Crippen molar-refractivity contribution in [1.82, 2.24) is 15.3 Å². The highest BCUT2D eigenvalue weighted by atomic mass is 32.2. The largest absolute Gasteiger partial charge is 0.316 e. The van der Waals surface area contributed by atoms with Crippen molar-refractivity contribution in [2.24, 2.45) is 0 Å². The Balaban J connectivity index is 2.52. The highest BCUT2D eigenvalue weighted by Gasteiger charge is 2.15. The fourth-order valence-electron chi connectivity index (χ4n) is 1.37. The molecule has 0 saturated heterocycles. The van der Waals surface area contributed by atoms with E-state index in [1.807, 2.05) is 13.1 Å². The van der Waals surface area contributed by atoms with Crippen LogP contribution in [0.2, 0.25) is 0 Å². The van der Waals surface area contributed by atoms with Gasteiger partial charge in [-0.2, -0.15) is 0 Å². The standard InChI is InChI=1S/C10H17N3S/c1-4-9(11-3)8(2)14-10-12-6-5-7-13-10/h5-9,11H,4H2,1-3H3. The molecule has 14 heavy (non-hydrogen) atoms. The highest BCUT2D eigenvalue weighted by molar-refractivity contribution is 7.99. The summed E-state index contributed by atoms with van der Waals surface area (Å²) < 4.78 is 0. The van der Waals surface area contributed by atoms with Crippen LogP contribution in [-0.4, -0.2) is 28.3 Å². The summed E-state index contributed by atoms with van der Waals surface area (Å²) in [5.41, 5.74) is 0. The summed E-state index contributed by atoms with van der Waals surface area (Å²) in [4.78, 5) is 8.39. The molecular weight excluding hydrogens is 194 g/mol. The first-order valence-electron chi connectivity index (χ1n) is 4.88. The molecule has 2 unspecified atom stereocenters. The van der Waals surface area contributed by atoms with Crippen molar-refractivity contribution in [2.45, 2.75) is 36.7 Å². The van der Waals surface area contributed by atoms with Crippen molar-refractivity contribution in [2.75, 3.05) is 7.05 Å². The van der Waals surface area contributed by atoms with Gasteiger partial charge in [0.15, 0.2) is 5.16 Å². The predicted molar refractivity (Wildman–Crippen MR) is 60.5 cm³/mol. The molecule has 1 N–H and O–H groups in total. The van der Waals surface area contributed by atoms with E-state index in [9.17, 15) is 0 Å². The van der Waals surface area contributed by atoms with E-state index in [-0.39, 0.29) is 0 Å². The Morgan fingerprint density at radius 3 is 2.57 bits per heavy atom. The normalized spacial score (nSPS) is 15.1. The monoisotopic (exact) mass is 211 g/mol. The van der Waals surface area contributed by atoms with Crippen LogP contribution in [0.25, 0.3) is 0 Å². The fraction of sp³-hybridized carbons (Fsp3) is 0.600. The Hall–Kier alpha value is -0.610. The van der Waals surface area contributed by atoms with Crippen molar-refractivity contribution in [3.05, 3.63) is 18.5 Å². The molecule has 2 atom stereocenters. The van der Waals surface area contributed by atoms with Gasteiger partial charge in [-0.1, -0.05) is 25.6 Å². The first-order valence-corrected chi connectivity index (χ1v) is 5.76. The van der Waals surface area contributed by atoms with Crippen molar-refractivity contribution in [3.63, 3.8) is 0 Å². The van der Waals surface area contributed by atoms with Crippen LogP contribution in [0.1, 0.15) is 20.3 Å². The molecule has 1 rings (SSSR count). The minimum absolute atomic E-state index is 0.493. The third-order valence-electron chi connectivity index (χ3n) is 2.21. The second-order valence-electron chi connectivity index (χ2n) is 3.16. The lowest BCUT2D eigenvalue weighted by Crippen LogP contribution is -2.33. The van der Waals surface area contributed by atoms with Crippen molar-refractivity contribution >= 4 is 11.8 Å². The first-order chi connectivity index (χ1) is 6.77. The van der Waals surface area contributed by atoms with E-state index in [4.69, 9.17) is 0 Å². The van der Waals surface area contributed by atoms with Gasteiger partial charge in [0.1, 0.15) is 0 Å². The van der Waals surface area contributed by atoms with Crippen molar-refractivity contribution in [1.29, 1.82) is 0 Å². The molecule has 0 radical (unpaired) electrons. The zero-order valence-corrected chi connectivity index (χ0v) is 9.71. The van der Waals surface area contributed by atoms with Crippen LogP contribution >= 0.6 is 11.8 Å². The molecule has 0 aliphatic heterocycles. The van der Waals surface area contributed by atoms with Crippen LogP contribution in [0, 0.1) is 0 Å². The number of nitrogens with zero attached hydrogens (tertiary/aromatic N) is 2. The van der Waals surface area contributed by atoms with Crippen LogP contribution in [0.15, 0.2) is 23.6 Å². The minimum Gasteiger partial charge on any atom is -0.316 e. The smallest absolute Gasteiger partial charge is 0.187 e. The van der Waals surface area contributed by atoms with Crippen LogP contribution < -0.4 is 5.32 Å². The van der Waals surface area contributed by atoms with Crippen molar-refractivity contribution in [3.8, 4) is 0 Å². The maximum absolute atomic E-state index is 4.19. The van der Waals surface area contributed by atoms with Gasteiger partial charge in [-0.25, -0.2) is 9.97 Å². The van der Waals surface area contributed by atoms with Crippen LogP contribution in [0.5, 0.6) is 0 Å². The van der Waals surface area contributed by atoms with Crippen LogP contribution in [-0.2, 0) is 0 Å². The first kappa shape index (κ1) is 11.5. The molecule has 1 aromatic rings. The molecule has 1 heterocycles. The molecule has 4 heteroatoms. The molecule has 0 saturated carbocycles. The van der Waals surface area contributed by atoms with E-state index >= 15 is 0 Å². The van der Waals surface area contributed by atoms with Crippen molar-refractivity contribution < 1.29 is 0 Å². The number of nitrogens with one attached hydrogen (secondary N) is 1. The van der Waals surface area contributed by atoms with E-state index < -0.39 is 0 Å². The fourth-order valence-corrected chi connectivity index (χ4v) is 2.43. The van der Waals surface area contributed by atoms with Gasteiger partial charge < -0.3 is 5.32 Å². The average Bonchev–Trinajstić information content (AvgIpc) is 2.21. The second kappa shape index (κ2) is 5.98. The molecule has 0 bridgehead atoms. The lowest BCUT2D eigenvalue weighted by molar-refractivity contribution is 0.541. The lowest BCUT2D eigenvalue weighted by atomic mass is 10.2. The zero-order valence-electron chi connectivity index (χ0n) is 8.90. The van der Waals surface area contributed by atoms with Gasteiger partial charge in [0.05, 0.1) is 0 Å². The van der Waals surface area contributed by atoms with E-state index in [1.54, 1.807) is 24.2 Å². The SMILES string of the molecule is CCC(NC)C(C)Sc1ncccn1. The molecule has 0 aliphatic rings. The van der Waals surface area contributed by atoms with Crippen LogP contribution in [0.4, 0.5) is 0 Å².